The fourth-order valence-corrected chi connectivity index (χ4v) is 2.48. The first-order chi connectivity index (χ1) is 8.94. The number of nitrogens with one attached hydrogen (secondary N) is 1. The zero-order valence-corrected chi connectivity index (χ0v) is 12.5. The predicted molar refractivity (Wildman–Crippen MR) is 80.5 cm³/mol. The summed E-state index contributed by atoms with van der Waals surface area (Å²) in [6, 6.07) is 5.34. The maximum Gasteiger partial charge on any atom is 0.126 e. The lowest BCUT2D eigenvalue weighted by molar-refractivity contribution is 0.423. The highest BCUT2D eigenvalue weighted by atomic mass is 35.5. The molecule has 0 bridgehead atoms. The summed E-state index contributed by atoms with van der Waals surface area (Å²) in [7, 11) is 0. The van der Waals surface area contributed by atoms with Crippen LogP contribution >= 0.6 is 23.2 Å². The van der Waals surface area contributed by atoms with Crippen molar-refractivity contribution in [3.05, 3.63) is 40.3 Å². The Hall–Kier alpha value is -1.03. The molecule has 1 unspecified atom stereocenters. The van der Waals surface area contributed by atoms with E-state index in [0.717, 1.165) is 29.9 Å². The first kappa shape index (κ1) is 14.4. The van der Waals surface area contributed by atoms with Gasteiger partial charge in [-0.25, -0.2) is 4.98 Å². The second-order valence-corrected chi connectivity index (χ2v) is 5.78. The maximum atomic E-state index is 6.26. The zero-order chi connectivity index (χ0) is 14.0. The van der Waals surface area contributed by atoms with Gasteiger partial charge in [0.2, 0.25) is 0 Å². The normalized spacial score (nSPS) is 14.4. The highest BCUT2D eigenvalue weighted by Gasteiger charge is 2.24. The molecule has 2 rings (SSSR count). The molecule has 0 saturated heterocycles. The van der Waals surface area contributed by atoms with Crippen LogP contribution in [-0.2, 0) is 5.54 Å². The van der Waals surface area contributed by atoms with E-state index in [-0.39, 0.29) is 0 Å². The molecule has 0 aliphatic carbocycles. The Kier molecular flexibility index (Phi) is 4.19. The number of halogens is 2. The highest BCUT2D eigenvalue weighted by Crippen LogP contribution is 2.31. The Morgan fingerprint density at radius 3 is 2.79 bits per heavy atom. The second kappa shape index (κ2) is 5.53. The number of aromatic amines is 1. The molecule has 1 atom stereocenters. The Balaban J connectivity index is 2.38. The number of H-pyrrole nitrogens is 1. The fraction of sp³-hybridized carbons (Fsp3) is 0.357. The monoisotopic (exact) mass is 297 g/mol. The number of nitrogens with two attached hydrogens (primary N) is 1. The molecule has 5 heteroatoms. The summed E-state index contributed by atoms with van der Waals surface area (Å²) in [4.78, 5) is 7.61. The van der Waals surface area contributed by atoms with Crippen molar-refractivity contribution in [1.82, 2.24) is 9.97 Å². The first-order valence-electron chi connectivity index (χ1n) is 6.24. The van der Waals surface area contributed by atoms with Crippen LogP contribution in [0.1, 0.15) is 32.5 Å². The summed E-state index contributed by atoms with van der Waals surface area (Å²) >= 11 is 12.2. The number of aromatic nitrogens is 2. The predicted octanol–water partition coefficient (Wildman–Crippen LogP) is 4.36. The SMILES string of the molecule is CCCC(C)(N)c1ncc(-c2cc(Cl)ccc2Cl)[nH]1. The number of benzene rings is 1. The van der Waals surface area contributed by atoms with Crippen LogP contribution in [0, 0.1) is 0 Å². The summed E-state index contributed by atoms with van der Waals surface area (Å²) in [6.07, 6.45) is 3.61. The molecular weight excluding hydrogens is 281 g/mol. The minimum absolute atomic E-state index is 0.460. The molecule has 0 aliphatic heterocycles. The van der Waals surface area contributed by atoms with Gasteiger partial charge in [0.25, 0.3) is 0 Å². The molecule has 0 saturated carbocycles. The van der Waals surface area contributed by atoms with Crippen LogP contribution in [-0.4, -0.2) is 9.97 Å². The largest absolute Gasteiger partial charge is 0.340 e. The number of imidazole rings is 1. The molecule has 1 aromatic heterocycles. The van der Waals surface area contributed by atoms with Gasteiger partial charge >= 0.3 is 0 Å². The van der Waals surface area contributed by atoms with Crippen LogP contribution in [0.25, 0.3) is 11.3 Å². The second-order valence-electron chi connectivity index (χ2n) is 4.94. The quantitative estimate of drug-likeness (QED) is 0.881. The van der Waals surface area contributed by atoms with Crippen LogP contribution in [0.3, 0.4) is 0 Å². The van der Waals surface area contributed by atoms with E-state index in [1.807, 2.05) is 13.0 Å². The van der Waals surface area contributed by atoms with Crippen molar-refractivity contribution in [2.45, 2.75) is 32.2 Å². The first-order valence-corrected chi connectivity index (χ1v) is 6.99. The Morgan fingerprint density at radius 1 is 1.37 bits per heavy atom. The van der Waals surface area contributed by atoms with Gasteiger partial charge in [0, 0.05) is 10.6 Å². The van der Waals surface area contributed by atoms with Crippen molar-refractivity contribution in [3.8, 4) is 11.3 Å². The molecule has 0 spiro atoms. The van der Waals surface area contributed by atoms with E-state index in [0.29, 0.717) is 10.0 Å². The molecule has 2 aromatic rings. The lowest BCUT2D eigenvalue weighted by atomic mass is 9.97. The summed E-state index contributed by atoms with van der Waals surface area (Å²) in [5, 5.41) is 1.27. The molecule has 1 aromatic carbocycles. The van der Waals surface area contributed by atoms with Gasteiger partial charge in [0.1, 0.15) is 5.82 Å². The van der Waals surface area contributed by atoms with Crippen LogP contribution in [0.2, 0.25) is 10.0 Å². The van der Waals surface area contributed by atoms with Gasteiger partial charge in [-0.3, -0.25) is 0 Å². The van der Waals surface area contributed by atoms with E-state index < -0.39 is 5.54 Å². The molecule has 0 aliphatic rings. The Bertz CT molecular complexity index is 576. The van der Waals surface area contributed by atoms with Crippen LogP contribution in [0.4, 0.5) is 0 Å². The third-order valence-corrected chi connectivity index (χ3v) is 3.67. The third kappa shape index (κ3) is 3.11. The summed E-state index contributed by atoms with van der Waals surface area (Å²) in [5.41, 5.74) is 7.46. The smallest absolute Gasteiger partial charge is 0.126 e. The lowest BCUT2D eigenvalue weighted by Crippen LogP contribution is -2.34. The van der Waals surface area contributed by atoms with Gasteiger partial charge in [-0.05, 0) is 31.5 Å². The average Bonchev–Trinajstić information content (AvgIpc) is 2.82. The van der Waals surface area contributed by atoms with Gasteiger partial charge in [0.15, 0.2) is 0 Å². The molecule has 3 N–H and O–H groups in total. The highest BCUT2D eigenvalue weighted by molar-refractivity contribution is 6.35. The van der Waals surface area contributed by atoms with Gasteiger partial charge < -0.3 is 10.7 Å². The van der Waals surface area contributed by atoms with Crippen molar-refractivity contribution in [1.29, 1.82) is 0 Å². The molecule has 102 valence electrons. The van der Waals surface area contributed by atoms with Gasteiger partial charge in [-0.2, -0.15) is 0 Å². The van der Waals surface area contributed by atoms with E-state index in [1.165, 1.54) is 0 Å². The maximum absolute atomic E-state index is 6.26. The summed E-state index contributed by atoms with van der Waals surface area (Å²) in [6.45, 7) is 4.07. The van der Waals surface area contributed by atoms with E-state index in [2.05, 4.69) is 16.9 Å². The fourth-order valence-electron chi connectivity index (χ4n) is 2.09. The molecule has 0 radical (unpaired) electrons. The zero-order valence-electron chi connectivity index (χ0n) is 11.0. The van der Waals surface area contributed by atoms with Crippen molar-refractivity contribution in [2.75, 3.05) is 0 Å². The number of rotatable bonds is 4. The van der Waals surface area contributed by atoms with Crippen molar-refractivity contribution >= 4 is 23.2 Å². The molecule has 0 amide bonds. The van der Waals surface area contributed by atoms with Gasteiger partial charge in [-0.15, -0.1) is 0 Å². The van der Waals surface area contributed by atoms with Crippen molar-refractivity contribution < 1.29 is 0 Å². The molecule has 0 fully saturated rings. The average molecular weight is 298 g/mol. The van der Waals surface area contributed by atoms with Crippen molar-refractivity contribution in [2.24, 2.45) is 5.73 Å². The van der Waals surface area contributed by atoms with Crippen molar-refractivity contribution in [3.63, 3.8) is 0 Å². The van der Waals surface area contributed by atoms with E-state index in [1.54, 1.807) is 18.3 Å². The topological polar surface area (TPSA) is 54.7 Å². The minimum Gasteiger partial charge on any atom is -0.340 e. The minimum atomic E-state index is -0.460. The molecule has 3 nitrogen and oxygen atoms in total. The standard InChI is InChI=1S/C14H17Cl2N3/c1-3-6-14(2,17)13-18-8-12(19-13)10-7-9(15)4-5-11(10)16/h4-5,7-8H,3,6,17H2,1-2H3,(H,18,19). The molecule has 1 heterocycles. The van der Waals surface area contributed by atoms with E-state index >= 15 is 0 Å². The van der Waals surface area contributed by atoms with Crippen LogP contribution < -0.4 is 5.73 Å². The third-order valence-electron chi connectivity index (χ3n) is 3.10. The van der Waals surface area contributed by atoms with E-state index in [4.69, 9.17) is 28.9 Å². The van der Waals surface area contributed by atoms with E-state index in [9.17, 15) is 0 Å². The van der Waals surface area contributed by atoms with Gasteiger partial charge in [0.05, 0.1) is 22.5 Å². The number of hydrogen-bond donors (Lipinski definition) is 2. The number of hydrogen-bond acceptors (Lipinski definition) is 2. The summed E-state index contributed by atoms with van der Waals surface area (Å²) in [5.74, 6) is 0.764. The summed E-state index contributed by atoms with van der Waals surface area (Å²) < 4.78 is 0. The van der Waals surface area contributed by atoms with Gasteiger partial charge in [-0.1, -0.05) is 36.5 Å². The number of nitrogens with zero attached hydrogens (tertiary/aromatic N) is 1. The van der Waals surface area contributed by atoms with Crippen LogP contribution in [0.5, 0.6) is 0 Å². The Morgan fingerprint density at radius 2 is 2.11 bits per heavy atom. The van der Waals surface area contributed by atoms with Crippen LogP contribution in [0.15, 0.2) is 24.4 Å². The lowest BCUT2D eigenvalue weighted by Gasteiger charge is -2.21. The Labute approximate surface area is 123 Å². The molecule has 19 heavy (non-hydrogen) atoms. The molecular formula is C14H17Cl2N3.